The van der Waals surface area contributed by atoms with Crippen molar-refractivity contribution < 1.29 is 5.11 Å². The first-order chi connectivity index (χ1) is 9.09. The number of benzene rings is 1. The lowest BCUT2D eigenvalue weighted by Crippen LogP contribution is -2.47. The molecule has 0 saturated heterocycles. The minimum atomic E-state index is -1.26. The zero-order valence-electron chi connectivity index (χ0n) is 12.2. The SMILES string of the molecule is C[Si]1(C)CCc2ccccc2C1C1CCCCC1O. The van der Waals surface area contributed by atoms with Crippen LogP contribution in [0.15, 0.2) is 24.3 Å². The van der Waals surface area contributed by atoms with E-state index in [2.05, 4.69) is 37.4 Å². The Bertz CT molecular complexity index is 454. The Morgan fingerprint density at radius 1 is 1.11 bits per heavy atom. The van der Waals surface area contributed by atoms with Gasteiger partial charge in [-0.15, -0.1) is 0 Å². The predicted octanol–water partition coefficient (Wildman–Crippen LogP) is 4.13. The third kappa shape index (κ3) is 2.41. The second kappa shape index (κ2) is 5.06. The Labute approximate surface area is 118 Å². The van der Waals surface area contributed by atoms with Crippen LogP contribution in [-0.4, -0.2) is 19.3 Å². The summed E-state index contributed by atoms with van der Waals surface area (Å²) in [6, 6.07) is 10.4. The van der Waals surface area contributed by atoms with E-state index in [1.54, 1.807) is 11.1 Å². The van der Waals surface area contributed by atoms with Gasteiger partial charge < -0.3 is 5.11 Å². The first-order valence-electron chi connectivity index (χ1n) is 7.85. The normalized spacial score (nSPS) is 33.7. The molecule has 1 fully saturated rings. The summed E-state index contributed by atoms with van der Waals surface area (Å²) in [4.78, 5) is 0. The molecule has 2 aliphatic rings. The van der Waals surface area contributed by atoms with Crippen molar-refractivity contribution in [3.8, 4) is 0 Å². The lowest BCUT2D eigenvalue weighted by atomic mass is 9.80. The zero-order chi connectivity index (χ0) is 13.5. The Hall–Kier alpha value is -0.603. The van der Waals surface area contributed by atoms with E-state index in [-0.39, 0.29) is 6.10 Å². The highest BCUT2D eigenvalue weighted by molar-refractivity contribution is 6.79. The van der Waals surface area contributed by atoms with Crippen molar-refractivity contribution in [2.45, 2.75) is 62.9 Å². The van der Waals surface area contributed by atoms with Crippen molar-refractivity contribution in [2.24, 2.45) is 5.92 Å². The molecule has 1 saturated carbocycles. The second-order valence-corrected chi connectivity index (χ2v) is 12.3. The van der Waals surface area contributed by atoms with Crippen LogP contribution in [0.1, 0.15) is 42.4 Å². The number of rotatable bonds is 1. The standard InChI is InChI=1S/C17H26OSi/c1-19(2)12-11-13-7-3-4-8-14(13)17(19)15-9-5-6-10-16(15)18/h3-4,7-8,15-18H,5-6,9-12H2,1-2H3. The summed E-state index contributed by atoms with van der Waals surface area (Å²) in [7, 11) is -1.26. The van der Waals surface area contributed by atoms with Crippen LogP contribution in [0, 0.1) is 5.92 Å². The lowest BCUT2D eigenvalue weighted by Gasteiger charge is -2.46. The smallest absolute Gasteiger partial charge is 0.0571 e. The van der Waals surface area contributed by atoms with E-state index in [1.165, 1.54) is 31.7 Å². The molecule has 1 aromatic carbocycles. The molecule has 19 heavy (non-hydrogen) atoms. The molecule has 0 aromatic heterocycles. The number of aliphatic hydroxyl groups excluding tert-OH is 1. The van der Waals surface area contributed by atoms with Crippen LogP contribution in [0.5, 0.6) is 0 Å². The van der Waals surface area contributed by atoms with Crippen LogP contribution < -0.4 is 0 Å². The van der Waals surface area contributed by atoms with Gasteiger partial charge in [0.05, 0.1) is 14.2 Å². The van der Waals surface area contributed by atoms with Crippen molar-refractivity contribution in [1.82, 2.24) is 0 Å². The quantitative estimate of drug-likeness (QED) is 0.764. The van der Waals surface area contributed by atoms with Crippen LogP contribution in [-0.2, 0) is 6.42 Å². The third-order valence-electron chi connectivity index (χ3n) is 5.48. The average Bonchev–Trinajstić information content (AvgIpc) is 2.40. The van der Waals surface area contributed by atoms with E-state index < -0.39 is 8.07 Å². The van der Waals surface area contributed by atoms with Crippen LogP contribution >= 0.6 is 0 Å². The second-order valence-electron chi connectivity index (χ2n) is 7.18. The van der Waals surface area contributed by atoms with Crippen LogP contribution in [0.25, 0.3) is 0 Å². The maximum Gasteiger partial charge on any atom is 0.0571 e. The van der Waals surface area contributed by atoms with Gasteiger partial charge in [-0.1, -0.05) is 56.2 Å². The molecule has 1 aliphatic carbocycles. The molecule has 3 atom stereocenters. The molecular formula is C17H26OSi. The molecule has 2 heteroatoms. The molecule has 3 unspecified atom stereocenters. The molecule has 1 heterocycles. The fraction of sp³-hybridized carbons (Fsp3) is 0.647. The number of aryl methyl sites for hydroxylation is 1. The molecular weight excluding hydrogens is 248 g/mol. The van der Waals surface area contributed by atoms with Gasteiger partial charge in [0.1, 0.15) is 0 Å². The molecule has 1 N–H and O–H groups in total. The summed E-state index contributed by atoms with van der Waals surface area (Å²) in [6.45, 7) is 5.07. The zero-order valence-corrected chi connectivity index (χ0v) is 13.2. The van der Waals surface area contributed by atoms with Crippen molar-refractivity contribution >= 4 is 8.07 Å². The van der Waals surface area contributed by atoms with Gasteiger partial charge in [-0.05, 0) is 41.8 Å². The van der Waals surface area contributed by atoms with Gasteiger partial charge in [0.25, 0.3) is 0 Å². The fourth-order valence-corrected chi connectivity index (χ4v) is 8.33. The highest BCUT2D eigenvalue weighted by atomic mass is 28.3. The molecule has 1 nitrogen and oxygen atoms in total. The number of fused-ring (bicyclic) bond motifs is 1. The van der Waals surface area contributed by atoms with Gasteiger partial charge in [0.2, 0.25) is 0 Å². The van der Waals surface area contributed by atoms with Crippen molar-refractivity contribution in [1.29, 1.82) is 0 Å². The van der Waals surface area contributed by atoms with Gasteiger partial charge in [-0.25, -0.2) is 0 Å². The predicted molar refractivity (Wildman–Crippen MR) is 83.1 cm³/mol. The molecule has 1 aromatic rings. The summed E-state index contributed by atoms with van der Waals surface area (Å²) in [5.41, 5.74) is 3.81. The Kier molecular flexibility index (Phi) is 3.57. The van der Waals surface area contributed by atoms with Crippen LogP contribution in [0.3, 0.4) is 0 Å². The van der Waals surface area contributed by atoms with Crippen molar-refractivity contribution in [3.05, 3.63) is 35.4 Å². The first-order valence-corrected chi connectivity index (χ1v) is 11.1. The van der Waals surface area contributed by atoms with Crippen molar-refractivity contribution in [3.63, 3.8) is 0 Å². The molecule has 0 radical (unpaired) electrons. The summed E-state index contributed by atoms with van der Waals surface area (Å²) in [5, 5.41) is 10.5. The average molecular weight is 274 g/mol. The van der Waals surface area contributed by atoms with Gasteiger partial charge in [0.15, 0.2) is 0 Å². The highest BCUT2D eigenvalue weighted by Gasteiger charge is 2.44. The minimum Gasteiger partial charge on any atom is -0.393 e. The van der Waals surface area contributed by atoms with Gasteiger partial charge in [0, 0.05) is 0 Å². The van der Waals surface area contributed by atoms with Crippen molar-refractivity contribution in [2.75, 3.05) is 0 Å². The summed E-state index contributed by atoms with van der Waals surface area (Å²) >= 11 is 0. The van der Waals surface area contributed by atoms with E-state index in [0.29, 0.717) is 11.5 Å². The maximum atomic E-state index is 10.5. The molecule has 1 aliphatic heterocycles. The number of aliphatic hydroxyl groups is 1. The minimum absolute atomic E-state index is 0.0586. The molecule has 0 spiro atoms. The Morgan fingerprint density at radius 3 is 2.63 bits per heavy atom. The van der Waals surface area contributed by atoms with E-state index in [1.807, 2.05) is 0 Å². The van der Waals surface area contributed by atoms with Gasteiger partial charge in [-0.3, -0.25) is 0 Å². The monoisotopic (exact) mass is 274 g/mol. The molecule has 104 valence electrons. The molecule has 0 amide bonds. The van der Waals surface area contributed by atoms with E-state index >= 15 is 0 Å². The maximum absolute atomic E-state index is 10.5. The van der Waals surface area contributed by atoms with E-state index in [4.69, 9.17) is 0 Å². The lowest BCUT2D eigenvalue weighted by molar-refractivity contribution is 0.0651. The fourth-order valence-electron chi connectivity index (χ4n) is 4.44. The summed E-state index contributed by atoms with van der Waals surface area (Å²) in [6.07, 6.45) is 5.98. The summed E-state index contributed by atoms with van der Waals surface area (Å²) < 4.78 is 0. The largest absolute Gasteiger partial charge is 0.393 e. The first kappa shape index (κ1) is 13.4. The molecule has 0 bridgehead atoms. The Balaban J connectivity index is 2.01. The third-order valence-corrected chi connectivity index (χ3v) is 9.44. The Morgan fingerprint density at radius 2 is 1.84 bits per heavy atom. The van der Waals surface area contributed by atoms with Gasteiger partial charge >= 0.3 is 0 Å². The molecule has 3 rings (SSSR count). The van der Waals surface area contributed by atoms with Crippen LogP contribution in [0.2, 0.25) is 19.1 Å². The topological polar surface area (TPSA) is 20.2 Å². The number of hydrogen-bond donors (Lipinski definition) is 1. The van der Waals surface area contributed by atoms with E-state index in [0.717, 1.165) is 6.42 Å². The van der Waals surface area contributed by atoms with E-state index in [9.17, 15) is 5.11 Å². The number of hydrogen-bond acceptors (Lipinski definition) is 1. The van der Waals surface area contributed by atoms with Gasteiger partial charge in [-0.2, -0.15) is 0 Å². The highest BCUT2D eigenvalue weighted by Crippen LogP contribution is 2.47. The summed E-state index contributed by atoms with van der Waals surface area (Å²) in [5.74, 6) is 0.525. The van der Waals surface area contributed by atoms with Crippen LogP contribution in [0.4, 0.5) is 0 Å².